The summed E-state index contributed by atoms with van der Waals surface area (Å²) in [5, 5.41) is 16.0. The van der Waals surface area contributed by atoms with Gasteiger partial charge in [0.05, 0.1) is 16.3 Å². The standard InChI is InChI=1S/C18H19F2N5O3S/c1-29(27,28)12-5-3-2-4-10(12)21-11-8-13(23-18(26)9-6-7-9)22-16-14(11)24-17(25-16)15(19)20/h2-5,8-9,15,18,26H,6-7H2,1H3,(H3,21,22,23,24,25). The number of hydrogen-bond acceptors (Lipinski definition) is 7. The predicted octanol–water partition coefficient (Wildman–Crippen LogP) is 3.18. The van der Waals surface area contributed by atoms with E-state index in [1.54, 1.807) is 18.2 Å². The lowest BCUT2D eigenvalue weighted by atomic mass is 10.2. The number of nitrogens with zero attached hydrogens (tertiary/aromatic N) is 2. The molecule has 1 aromatic carbocycles. The number of halogens is 2. The Kier molecular flexibility index (Phi) is 4.87. The maximum atomic E-state index is 13.1. The molecule has 0 amide bonds. The van der Waals surface area contributed by atoms with Gasteiger partial charge in [-0.25, -0.2) is 27.2 Å². The third-order valence-corrected chi connectivity index (χ3v) is 5.76. The number of imidazole rings is 1. The second kappa shape index (κ2) is 7.23. The van der Waals surface area contributed by atoms with Gasteiger partial charge in [-0.15, -0.1) is 0 Å². The summed E-state index contributed by atoms with van der Waals surface area (Å²) in [4.78, 5) is 10.6. The predicted molar refractivity (Wildman–Crippen MR) is 104 cm³/mol. The Bertz CT molecular complexity index is 1160. The number of aromatic amines is 1. The minimum absolute atomic E-state index is 0.0210. The maximum Gasteiger partial charge on any atom is 0.295 e. The van der Waals surface area contributed by atoms with Crippen molar-refractivity contribution >= 4 is 38.2 Å². The van der Waals surface area contributed by atoms with Gasteiger partial charge in [-0.2, -0.15) is 0 Å². The maximum absolute atomic E-state index is 13.1. The summed E-state index contributed by atoms with van der Waals surface area (Å²) in [7, 11) is -3.53. The number of aliphatic hydroxyl groups is 1. The van der Waals surface area contributed by atoms with E-state index in [4.69, 9.17) is 0 Å². The molecule has 1 unspecified atom stereocenters. The molecule has 154 valence electrons. The van der Waals surface area contributed by atoms with Crippen LogP contribution in [0.5, 0.6) is 0 Å². The normalized spacial score (nSPS) is 15.6. The first kappa shape index (κ1) is 19.5. The first-order valence-electron chi connectivity index (χ1n) is 8.92. The van der Waals surface area contributed by atoms with Gasteiger partial charge in [0.25, 0.3) is 6.43 Å². The molecule has 0 radical (unpaired) electrons. The molecule has 8 nitrogen and oxygen atoms in total. The van der Waals surface area contributed by atoms with Crippen LogP contribution in [0.2, 0.25) is 0 Å². The fraction of sp³-hybridized carbons (Fsp3) is 0.333. The van der Waals surface area contributed by atoms with Gasteiger partial charge < -0.3 is 20.7 Å². The lowest BCUT2D eigenvalue weighted by Crippen LogP contribution is -2.21. The van der Waals surface area contributed by atoms with E-state index in [9.17, 15) is 22.3 Å². The quantitative estimate of drug-likeness (QED) is 0.431. The molecule has 1 saturated carbocycles. The molecule has 1 atom stereocenters. The molecule has 1 aliphatic rings. The van der Waals surface area contributed by atoms with Crippen molar-refractivity contribution < 1.29 is 22.3 Å². The Morgan fingerprint density at radius 1 is 1.21 bits per heavy atom. The first-order chi connectivity index (χ1) is 13.7. The summed E-state index contributed by atoms with van der Waals surface area (Å²) in [6, 6.07) is 7.78. The van der Waals surface area contributed by atoms with Crippen LogP contribution in [0.3, 0.4) is 0 Å². The SMILES string of the molecule is CS(=O)(=O)c1ccccc1Nc1cc(NC(O)C2CC2)nc2nc(C(F)F)[nH]c12. The van der Waals surface area contributed by atoms with Crippen LogP contribution in [0.15, 0.2) is 35.2 Å². The second-order valence-electron chi connectivity index (χ2n) is 7.00. The number of nitrogens with one attached hydrogen (secondary N) is 3. The zero-order chi connectivity index (χ0) is 20.8. The smallest absolute Gasteiger partial charge is 0.295 e. The number of sulfone groups is 1. The van der Waals surface area contributed by atoms with E-state index in [1.165, 1.54) is 12.1 Å². The van der Waals surface area contributed by atoms with E-state index in [-0.39, 0.29) is 33.5 Å². The summed E-state index contributed by atoms with van der Waals surface area (Å²) in [6.45, 7) is 0. The van der Waals surface area contributed by atoms with E-state index < -0.39 is 28.3 Å². The van der Waals surface area contributed by atoms with E-state index in [2.05, 4.69) is 25.6 Å². The van der Waals surface area contributed by atoms with Crippen LogP contribution in [0.4, 0.5) is 26.0 Å². The van der Waals surface area contributed by atoms with Crippen LogP contribution in [-0.4, -0.2) is 41.0 Å². The highest BCUT2D eigenvalue weighted by Crippen LogP contribution is 2.35. The molecule has 4 N–H and O–H groups in total. The van der Waals surface area contributed by atoms with Crippen molar-refractivity contribution in [3.05, 3.63) is 36.2 Å². The summed E-state index contributed by atoms with van der Waals surface area (Å²) in [5.74, 6) is -0.193. The molecule has 0 aliphatic heterocycles. The minimum Gasteiger partial charge on any atom is -0.373 e. The molecule has 0 saturated heterocycles. The second-order valence-corrected chi connectivity index (χ2v) is 8.98. The highest BCUT2D eigenvalue weighted by atomic mass is 32.2. The number of aromatic nitrogens is 3. The van der Waals surface area contributed by atoms with E-state index in [1.807, 2.05) is 0 Å². The lowest BCUT2D eigenvalue weighted by molar-refractivity contribution is 0.142. The van der Waals surface area contributed by atoms with Gasteiger partial charge in [0, 0.05) is 18.2 Å². The largest absolute Gasteiger partial charge is 0.373 e. The Labute approximate surface area is 165 Å². The molecular weight excluding hydrogens is 404 g/mol. The third kappa shape index (κ3) is 4.15. The summed E-state index contributed by atoms with van der Waals surface area (Å²) < 4.78 is 50.4. The van der Waals surface area contributed by atoms with Crippen molar-refractivity contribution in [1.82, 2.24) is 15.0 Å². The van der Waals surface area contributed by atoms with Crippen molar-refractivity contribution in [2.45, 2.75) is 30.4 Å². The Balaban J connectivity index is 1.79. The molecule has 0 spiro atoms. The van der Waals surface area contributed by atoms with Crippen LogP contribution < -0.4 is 10.6 Å². The summed E-state index contributed by atoms with van der Waals surface area (Å²) in [5.41, 5.74) is 0.808. The fourth-order valence-electron chi connectivity index (χ4n) is 3.00. The Morgan fingerprint density at radius 3 is 2.59 bits per heavy atom. The van der Waals surface area contributed by atoms with Crippen molar-refractivity contribution in [1.29, 1.82) is 0 Å². The molecule has 3 aromatic rings. The van der Waals surface area contributed by atoms with Crippen molar-refractivity contribution in [3.8, 4) is 0 Å². The summed E-state index contributed by atoms with van der Waals surface area (Å²) in [6.07, 6.45) is -0.777. The van der Waals surface area contributed by atoms with Gasteiger partial charge in [-0.3, -0.25) is 0 Å². The average Bonchev–Trinajstić information content (AvgIpc) is 3.40. The molecule has 2 aromatic heterocycles. The van der Waals surface area contributed by atoms with Crippen LogP contribution in [0.25, 0.3) is 11.2 Å². The van der Waals surface area contributed by atoms with Gasteiger partial charge in [0.1, 0.15) is 17.6 Å². The van der Waals surface area contributed by atoms with E-state index >= 15 is 0 Å². The molecule has 11 heteroatoms. The average molecular weight is 423 g/mol. The number of para-hydroxylation sites is 1. The van der Waals surface area contributed by atoms with Gasteiger partial charge in [-0.05, 0) is 25.0 Å². The van der Waals surface area contributed by atoms with Crippen LogP contribution in [0.1, 0.15) is 25.1 Å². The fourth-order valence-corrected chi connectivity index (χ4v) is 3.85. The number of pyridine rings is 1. The van der Waals surface area contributed by atoms with E-state index in [0.29, 0.717) is 5.69 Å². The molecule has 29 heavy (non-hydrogen) atoms. The number of alkyl halides is 2. The summed E-state index contributed by atoms with van der Waals surface area (Å²) >= 11 is 0. The van der Waals surface area contributed by atoms with E-state index in [0.717, 1.165) is 19.1 Å². The zero-order valence-corrected chi connectivity index (χ0v) is 16.2. The van der Waals surface area contributed by atoms with Crippen molar-refractivity contribution in [2.75, 3.05) is 16.9 Å². The first-order valence-corrected chi connectivity index (χ1v) is 10.8. The number of aliphatic hydroxyl groups excluding tert-OH is 1. The van der Waals surface area contributed by atoms with Crippen LogP contribution in [-0.2, 0) is 9.84 Å². The molecule has 0 bridgehead atoms. The molecule has 1 aliphatic carbocycles. The van der Waals surface area contributed by atoms with Gasteiger partial charge in [-0.1, -0.05) is 12.1 Å². The highest BCUT2D eigenvalue weighted by molar-refractivity contribution is 7.90. The minimum atomic E-state index is -3.53. The topological polar surface area (TPSA) is 120 Å². The van der Waals surface area contributed by atoms with Crippen molar-refractivity contribution in [2.24, 2.45) is 5.92 Å². The third-order valence-electron chi connectivity index (χ3n) is 4.61. The Morgan fingerprint density at radius 2 is 1.93 bits per heavy atom. The van der Waals surface area contributed by atoms with Crippen LogP contribution >= 0.6 is 0 Å². The molecule has 4 rings (SSSR count). The van der Waals surface area contributed by atoms with Gasteiger partial charge in [0.15, 0.2) is 21.3 Å². The highest BCUT2D eigenvalue weighted by Gasteiger charge is 2.30. The lowest BCUT2D eigenvalue weighted by Gasteiger charge is -2.15. The molecular formula is C18H19F2N5O3S. The number of rotatable bonds is 7. The number of hydrogen-bond donors (Lipinski definition) is 4. The monoisotopic (exact) mass is 423 g/mol. The number of H-pyrrole nitrogens is 1. The van der Waals surface area contributed by atoms with Gasteiger partial charge in [0.2, 0.25) is 0 Å². The van der Waals surface area contributed by atoms with Crippen LogP contribution in [0, 0.1) is 5.92 Å². The Hall–Kier alpha value is -2.79. The van der Waals surface area contributed by atoms with Gasteiger partial charge >= 0.3 is 0 Å². The van der Waals surface area contributed by atoms with Crippen molar-refractivity contribution in [3.63, 3.8) is 0 Å². The molecule has 1 fully saturated rings. The zero-order valence-electron chi connectivity index (χ0n) is 15.4. The number of benzene rings is 1. The molecule has 2 heterocycles. The number of fused-ring (bicyclic) bond motifs is 1. The number of anilines is 3.